The first kappa shape index (κ1) is 8.19. The maximum atomic E-state index is 11.3. The fraction of sp³-hybridized carbons (Fsp3) is 0.667. The number of rotatable bonds is 1. The van der Waals surface area contributed by atoms with Gasteiger partial charge in [-0.05, 0) is 0 Å². The van der Waals surface area contributed by atoms with E-state index in [4.69, 9.17) is 5.11 Å². The van der Waals surface area contributed by atoms with Crippen LogP contribution >= 0.6 is 0 Å². The van der Waals surface area contributed by atoms with Crippen LogP contribution in [0.4, 0.5) is 17.6 Å². The van der Waals surface area contributed by atoms with Crippen LogP contribution in [0.1, 0.15) is 0 Å². The summed E-state index contributed by atoms with van der Waals surface area (Å²) in [5.74, 6) is -2.51. The van der Waals surface area contributed by atoms with E-state index in [2.05, 4.69) is 0 Å². The number of alkyl halides is 4. The average molecular weight is 146 g/mol. The Morgan fingerprint density at radius 3 is 1.78 bits per heavy atom. The number of hydrogen-bond donors (Lipinski definition) is 1. The molecule has 0 fully saturated rings. The molecule has 0 spiro atoms. The van der Waals surface area contributed by atoms with E-state index < -0.39 is 18.3 Å². The molecule has 0 aliphatic carbocycles. The molecule has 0 heterocycles. The van der Waals surface area contributed by atoms with Gasteiger partial charge < -0.3 is 5.11 Å². The van der Waals surface area contributed by atoms with Gasteiger partial charge in [0.25, 0.3) is 6.17 Å². The molecule has 0 radical (unpaired) electrons. The Hall–Kier alpha value is -0.810. The molecule has 54 valence electrons. The predicted molar refractivity (Wildman–Crippen MR) is 18.6 cm³/mol. The monoisotopic (exact) mass is 146 g/mol. The molecule has 0 unspecified atom stereocenters. The second-order valence-electron chi connectivity index (χ2n) is 1.24. The zero-order valence-corrected chi connectivity index (χ0v) is 3.94. The van der Waals surface area contributed by atoms with Gasteiger partial charge in [-0.1, -0.05) is 0 Å². The summed E-state index contributed by atoms with van der Waals surface area (Å²) < 4.78 is 44.1. The van der Waals surface area contributed by atoms with Crippen molar-refractivity contribution in [3.05, 3.63) is 0 Å². The lowest BCUT2D eigenvalue weighted by Crippen LogP contribution is -2.32. The Bertz CT molecular complexity index is 117. The summed E-state index contributed by atoms with van der Waals surface area (Å²) >= 11 is 0. The zero-order valence-electron chi connectivity index (χ0n) is 3.94. The molecule has 0 aliphatic rings. The van der Waals surface area contributed by atoms with Gasteiger partial charge in [0.2, 0.25) is 0 Å². The van der Waals surface area contributed by atoms with Crippen molar-refractivity contribution >= 4 is 5.97 Å². The topological polar surface area (TPSA) is 37.3 Å². The van der Waals surface area contributed by atoms with E-state index in [9.17, 15) is 22.4 Å². The van der Waals surface area contributed by atoms with Gasteiger partial charge >= 0.3 is 12.1 Å². The van der Waals surface area contributed by atoms with E-state index in [-0.39, 0.29) is 0 Å². The second kappa shape index (κ2) is 2.20. The van der Waals surface area contributed by atoms with Crippen LogP contribution < -0.4 is 0 Å². The van der Waals surface area contributed by atoms with Crippen LogP contribution in [-0.2, 0) is 4.79 Å². The molecular formula is C3H2F4O2. The normalized spacial score (nSPS) is 15.1. The van der Waals surface area contributed by atoms with Crippen molar-refractivity contribution in [3.63, 3.8) is 0 Å². The van der Waals surface area contributed by atoms with Gasteiger partial charge in [-0.15, -0.1) is 0 Å². The van der Waals surface area contributed by atoms with E-state index >= 15 is 0 Å². The average Bonchev–Trinajstić information content (AvgIpc) is 1.62. The van der Waals surface area contributed by atoms with E-state index in [1.807, 2.05) is 0 Å². The van der Waals surface area contributed by atoms with Gasteiger partial charge in [-0.2, -0.15) is 13.2 Å². The number of aliphatic carboxylic acids is 1. The van der Waals surface area contributed by atoms with Gasteiger partial charge in [-0.25, -0.2) is 9.18 Å². The van der Waals surface area contributed by atoms with E-state index in [0.717, 1.165) is 0 Å². The molecule has 0 amide bonds. The van der Waals surface area contributed by atoms with Crippen LogP contribution in [0.15, 0.2) is 0 Å². The SMILES string of the molecule is O=C(O)[C@@H](F)C(F)(F)F. The summed E-state index contributed by atoms with van der Waals surface area (Å²) in [6.07, 6.45) is -9.05. The molecule has 6 heteroatoms. The van der Waals surface area contributed by atoms with Crippen LogP contribution in [0.3, 0.4) is 0 Å². The van der Waals surface area contributed by atoms with E-state index in [0.29, 0.717) is 0 Å². The lowest BCUT2D eigenvalue weighted by molar-refractivity contribution is -0.197. The molecule has 0 aromatic rings. The first-order valence-corrected chi connectivity index (χ1v) is 1.79. The van der Waals surface area contributed by atoms with Crippen LogP contribution in [0.2, 0.25) is 0 Å². The standard InChI is InChI=1S/C3H2F4O2/c4-1(2(8)9)3(5,6)7/h1H,(H,8,9)/t1-/m1/s1. The van der Waals surface area contributed by atoms with E-state index in [1.165, 1.54) is 0 Å². The molecule has 0 aliphatic heterocycles. The van der Waals surface area contributed by atoms with Crippen molar-refractivity contribution < 1.29 is 27.5 Å². The highest BCUT2D eigenvalue weighted by Gasteiger charge is 2.45. The molecule has 0 bridgehead atoms. The number of carbonyl (C=O) groups is 1. The summed E-state index contributed by atoms with van der Waals surface area (Å²) in [5, 5.41) is 7.42. The fourth-order valence-electron chi connectivity index (χ4n) is 0.140. The summed E-state index contributed by atoms with van der Waals surface area (Å²) in [5.41, 5.74) is 0. The Morgan fingerprint density at radius 1 is 1.44 bits per heavy atom. The smallest absolute Gasteiger partial charge is 0.430 e. The highest BCUT2D eigenvalue weighted by Crippen LogP contribution is 2.22. The van der Waals surface area contributed by atoms with Crippen LogP contribution in [0.5, 0.6) is 0 Å². The maximum absolute atomic E-state index is 11.3. The van der Waals surface area contributed by atoms with E-state index in [1.54, 1.807) is 0 Å². The Kier molecular flexibility index (Phi) is 2.00. The summed E-state index contributed by atoms with van der Waals surface area (Å²) in [4.78, 5) is 9.25. The fourth-order valence-corrected chi connectivity index (χ4v) is 0.140. The minimum Gasteiger partial charge on any atom is -0.479 e. The number of hydrogen-bond acceptors (Lipinski definition) is 1. The quantitative estimate of drug-likeness (QED) is 0.559. The first-order valence-electron chi connectivity index (χ1n) is 1.79. The highest BCUT2D eigenvalue weighted by molar-refractivity contribution is 5.73. The highest BCUT2D eigenvalue weighted by atomic mass is 19.4. The second-order valence-corrected chi connectivity index (χ2v) is 1.24. The Labute approximate surface area is 47.1 Å². The Morgan fingerprint density at radius 2 is 1.78 bits per heavy atom. The molecule has 1 atom stereocenters. The summed E-state index contributed by atoms with van der Waals surface area (Å²) in [6.45, 7) is 0. The van der Waals surface area contributed by atoms with Crippen LogP contribution in [0.25, 0.3) is 0 Å². The number of carboxylic acids is 1. The van der Waals surface area contributed by atoms with Crippen molar-refractivity contribution in [3.8, 4) is 0 Å². The molecule has 1 N–H and O–H groups in total. The lowest BCUT2D eigenvalue weighted by Gasteiger charge is -2.05. The zero-order chi connectivity index (χ0) is 7.65. The molecule has 0 saturated heterocycles. The first-order chi connectivity index (χ1) is 3.85. The number of halogens is 4. The Balaban J connectivity index is 4.04. The van der Waals surface area contributed by atoms with Gasteiger partial charge in [0.05, 0.1) is 0 Å². The molecule has 0 saturated carbocycles. The van der Waals surface area contributed by atoms with Gasteiger partial charge in [-0.3, -0.25) is 0 Å². The third kappa shape index (κ3) is 2.29. The minimum absolute atomic E-state index is 2.51. The number of carboxylic acid groups (broad SMARTS) is 1. The molecule has 2 nitrogen and oxygen atoms in total. The molecular weight excluding hydrogens is 144 g/mol. The maximum Gasteiger partial charge on any atom is 0.430 e. The van der Waals surface area contributed by atoms with Gasteiger partial charge in [0.15, 0.2) is 0 Å². The van der Waals surface area contributed by atoms with Crippen molar-refractivity contribution in [1.82, 2.24) is 0 Å². The van der Waals surface area contributed by atoms with Crippen molar-refractivity contribution in [2.45, 2.75) is 12.3 Å². The van der Waals surface area contributed by atoms with Crippen molar-refractivity contribution in [2.24, 2.45) is 0 Å². The predicted octanol–water partition coefficient (Wildman–Crippen LogP) is 0.971. The van der Waals surface area contributed by atoms with Crippen molar-refractivity contribution in [2.75, 3.05) is 0 Å². The lowest BCUT2D eigenvalue weighted by atomic mass is 10.4. The third-order valence-electron chi connectivity index (χ3n) is 0.504. The summed E-state index contributed by atoms with van der Waals surface area (Å²) in [7, 11) is 0. The molecule has 0 rings (SSSR count). The largest absolute Gasteiger partial charge is 0.479 e. The van der Waals surface area contributed by atoms with Crippen molar-refractivity contribution in [1.29, 1.82) is 0 Å². The molecule has 0 aromatic carbocycles. The van der Waals surface area contributed by atoms with Crippen LogP contribution in [-0.4, -0.2) is 23.4 Å². The van der Waals surface area contributed by atoms with Gasteiger partial charge in [0, 0.05) is 0 Å². The molecule has 9 heavy (non-hydrogen) atoms. The summed E-state index contributed by atoms with van der Waals surface area (Å²) in [6, 6.07) is 0. The minimum atomic E-state index is -5.29. The molecule has 0 aromatic heterocycles. The third-order valence-corrected chi connectivity index (χ3v) is 0.504. The van der Waals surface area contributed by atoms with Crippen LogP contribution in [0, 0.1) is 0 Å². The van der Waals surface area contributed by atoms with Gasteiger partial charge in [0.1, 0.15) is 0 Å².